The fourth-order valence-electron chi connectivity index (χ4n) is 3.15. The number of aromatic amines is 1. The highest BCUT2D eigenvalue weighted by Gasteiger charge is 2.19. The molecule has 5 nitrogen and oxygen atoms in total. The predicted molar refractivity (Wildman–Crippen MR) is 84.5 cm³/mol. The van der Waals surface area contributed by atoms with Crippen LogP contribution in [0.3, 0.4) is 0 Å². The average Bonchev–Trinajstić information content (AvgIpc) is 2.97. The van der Waals surface area contributed by atoms with Gasteiger partial charge in [-0.05, 0) is 37.5 Å². The summed E-state index contributed by atoms with van der Waals surface area (Å²) < 4.78 is 0. The van der Waals surface area contributed by atoms with Gasteiger partial charge in [0, 0.05) is 32.7 Å². The van der Waals surface area contributed by atoms with Crippen molar-refractivity contribution in [3.63, 3.8) is 0 Å². The normalized spacial score (nSPS) is 16.4. The summed E-state index contributed by atoms with van der Waals surface area (Å²) in [5.74, 6) is 0.886. The lowest BCUT2D eigenvalue weighted by Gasteiger charge is -2.34. The van der Waals surface area contributed by atoms with Crippen LogP contribution in [0.15, 0.2) is 18.5 Å². The molecule has 2 aromatic rings. The zero-order valence-corrected chi connectivity index (χ0v) is 13.1. The van der Waals surface area contributed by atoms with E-state index in [0.717, 1.165) is 38.7 Å². The summed E-state index contributed by atoms with van der Waals surface area (Å²) in [5, 5.41) is 6.87. The second kappa shape index (κ2) is 5.85. The van der Waals surface area contributed by atoms with E-state index in [1.54, 1.807) is 6.33 Å². The summed E-state index contributed by atoms with van der Waals surface area (Å²) in [4.78, 5) is 9.02. The van der Waals surface area contributed by atoms with E-state index < -0.39 is 0 Å². The van der Waals surface area contributed by atoms with E-state index in [2.05, 4.69) is 57.9 Å². The van der Waals surface area contributed by atoms with Gasteiger partial charge in [0.05, 0.1) is 0 Å². The average molecular weight is 285 g/mol. The Kier molecular flexibility index (Phi) is 3.92. The SMILES string of the molecule is Cc1cc(C)c(CN2CCN(c3ncn[nH]3)CC2)c(C)c1. The van der Waals surface area contributed by atoms with Crippen molar-refractivity contribution in [2.24, 2.45) is 0 Å². The number of benzene rings is 1. The molecule has 1 aromatic carbocycles. The number of anilines is 1. The third-order valence-corrected chi connectivity index (χ3v) is 4.30. The fourth-order valence-corrected chi connectivity index (χ4v) is 3.15. The second-order valence-electron chi connectivity index (χ2n) is 5.95. The van der Waals surface area contributed by atoms with Gasteiger partial charge in [0.15, 0.2) is 0 Å². The minimum absolute atomic E-state index is 0.886. The molecular weight excluding hydrogens is 262 g/mol. The van der Waals surface area contributed by atoms with E-state index in [-0.39, 0.29) is 0 Å². The minimum Gasteiger partial charge on any atom is -0.339 e. The first-order valence-corrected chi connectivity index (χ1v) is 7.53. The molecule has 0 saturated carbocycles. The molecule has 1 aliphatic heterocycles. The molecule has 21 heavy (non-hydrogen) atoms. The Morgan fingerprint density at radius 3 is 2.29 bits per heavy atom. The summed E-state index contributed by atoms with van der Waals surface area (Å²) in [6.07, 6.45) is 1.57. The lowest BCUT2D eigenvalue weighted by Crippen LogP contribution is -2.46. The number of piperazine rings is 1. The van der Waals surface area contributed by atoms with Crippen LogP contribution in [-0.4, -0.2) is 46.3 Å². The molecule has 0 radical (unpaired) electrons. The van der Waals surface area contributed by atoms with Crippen molar-refractivity contribution in [1.82, 2.24) is 20.1 Å². The maximum absolute atomic E-state index is 4.23. The van der Waals surface area contributed by atoms with Gasteiger partial charge < -0.3 is 4.90 Å². The van der Waals surface area contributed by atoms with E-state index in [0.29, 0.717) is 0 Å². The molecule has 0 amide bonds. The lowest BCUT2D eigenvalue weighted by molar-refractivity contribution is 0.248. The molecule has 112 valence electrons. The highest BCUT2D eigenvalue weighted by molar-refractivity contribution is 5.37. The van der Waals surface area contributed by atoms with Crippen LogP contribution < -0.4 is 4.90 Å². The summed E-state index contributed by atoms with van der Waals surface area (Å²) in [6, 6.07) is 4.57. The summed E-state index contributed by atoms with van der Waals surface area (Å²) in [6.45, 7) is 11.8. The molecule has 1 fully saturated rings. The van der Waals surface area contributed by atoms with Crippen molar-refractivity contribution in [2.45, 2.75) is 27.3 Å². The van der Waals surface area contributed by atoms with Gasteiger partial charge in [-0.3, -0.25) is 4.90 Å². The van der Waals surface area contributed by atoms with Crippen LogP contribution in [0.4, 0.5) is 5.95 Å². The molecule has 1 saturated heterocycles. The van der Waals surface area contributed by atoms with E-state index in [1.807, 2.05) is 0 Å². The van der Waals surface area contributed by atoms with E-state index in [1.165, 1.54) is 22.3 Å². The molecule has 1 aromatic heterocycles. The third kappa shape index (κ3) is 3.08. The molecule has 0 aliphatic carbocycles. The summed E-state index contributed by atoms with van der Waals surface area (Å²) in [7, 11) is 0. The summed E-state index contributed by atoms with van der Waals surface area (Å²) >= 11 is 0. The van der Waals surface area contributed by atoms with Gasteiger partial charge in [-0.2, -0.15) is 10.1 Å². The highest BCUT2D eigenvalue weighted by Crippen LogP contribution is 2.19. The van der Waals surface area contributed by atoms with Gasteiger partial charge in [0.2, 0.25) is 5.95 Å². The Labute approximate surface area is 126 Å². The number of nitrogens with zero attached hydrogens (tertiary/aromatic N) is 4. The Balaban J connectivity index is 1.63. The topological polar surface area (TPSA) is 48.1 Å². The molecular formula is C16H23N5. The Hall–Kier alpha value is -1.88. The van der Waals surface area contributed by atoms with Crippen molar-refractivity contribution in [2.75, 3.05) is 31.1 Å². The van der Waals surface area contributed by atoms with Crippen LogP contribution >= 0.6 is 0 Å². The van der Waals surface area contributed by atoms with Crippen molar-refractivity contribution in [1.29, 1.82) is 0 Å². The number of nitrogens with one attached hydrogen (secondary N) is 1. The van der Waals surface area contributed by atoms with Gasteiger partial charge in [0.25, 0.3) is 0 Å². The highest BCUT2D eigenvalue weighted by atomic mass is 15.4. The quantitative estimate of drug-likeness (QED) is 0.937. The number of aromatic nitrogens is 3. The first-order chi connectivity index (χ1) is 10.1. The molecule has 0 atom stereocenters. The predicted octanol–water partition coefficient (Wildman–Crippen LogP) is 2.05. The Bertz CT molecular complexity index is 574. The Morgan fingerprint density at radius 2 is 1.71 bits per heavy atom. The van der Waals surface area contributed by atoms with Gasteiger partial charge in [0.1, 0.15) is 6.33 Å². The zero-order valence-electron chi connectivity index (χ0n) is 13.1. The zero-order chi connectivity index (χ0) is 14.8. The van der Waals surface area contributed by atoms with E-state index in [4.69, 9.17) is 0 Å². The minimum atomic E-state index is 0.886. The van der Waals surface area contributed by atoms with Gasteiger partial charge >= 0.3 is 0 Å². The van der Waals surface area contributed by atoms with E-state index >= 15 is 0 Å². The molecule has 1 N–H and O–H groups in total. The molecule has 2 heterocycles. The van der Waals surface area contributed by atoms with Crippen molar-refractivity contribution >= 4 is 5.95 Å². The maximum atomic E-state index is 4.23. The van der Waals surface area contributed by atoms with Crippen LogP contribution in [0.1, 0.15) is 22.3 Å². The van der Waals surface area contributed by atoms with Crippen LogP contribution in [-0.2, 0) is 6.54 Å². The first-order valence-electron chi connectivity index (χ1n) is 7.53. The smallest absolute Gasteiger partial charge is 0.221 e. The third-order valence-electron chi connectivity index (χ3n) is 4.30. The number of hydrogen-bond donors (Lipinski definition) is 1. The number of H-pyrrole nitrogens is 1. The van der Waals surface area contributed by atoms with Gasteiger partial charge in [-0.1, -0.05) is 17.7 Å². The van der Waals surface area contributed by atoms with Gasteiger partial charge in [-0.15, -0.1) is 0 Å². The van der Waals surface area contributed by atoms with Crippen LogP contribution in [0.25, 0.3) is 0 Å². The van der Waals surface area contributed by atoms with E-state index in [9.17, 15) is 0 Å². The molecule has 0 spiro atoms. The van der Waals surface area contributed by atoms with Crippen LogP contribution in [0.5, 0.6) is 0 Å². The number of rotatable bonds is 3. The van der Waals surface area contributed by atoms with Crippen LogP contribution in [0.2, 0.25) is 0 Å². The molecule has 0 unspecified atom stereocenters. The van der Waals surface area contributed by atoms with Crippen molar-refractivity contribution in [3.8, 4) is 0 Å². The first kappa shape index (κ1) is 14.1. The van der Waals surface area contributed by atoms with Crippen LogP contribution in [0, 0.1) is 20.8 Å². The molecule has 1 aliphatic rings. The second-order valence-corrected chi connectivity index (χ2v) is 5.95. The van der Waals surface area contributed by atoms with Crippen molar-refractivity contribution in [3.05, 3.63) is 40.7 Å². The summed E-state index contributed by atoms with van der Waals surface area (Å²) in [5.41, 5.74) is 5.65. The standard InChI is InChI=1S/C16H23N5/c1-12-8-13(2)15(14(3)9-12)10-20-4-6-21(7-5-20)16-17-11-18-19-16/h8-9,11H,4-7,10H2,1-3H3,(H,17,18,19). The molecule has 5 heteroatoms. The maximum Gasteiger partial charge on any atom is 0.221 e. The monoisotopic (exact) mass is 285 g/mol. The lowest BCUT2D eigenvalue weighted by atomic mass is 9.99. The molecule has 3 rings (SSSR count). The van der Waals surface area contributed by atoms with Gasteiger partial charge in [-0.25, -0.2) is 5.10 Å². The van der Waals surface area contributed by atoms with Crippen molar-refractivity contribution < 1.29 is 0 Å². The number of hydrogen-bond acceptors (Lipinski definition) is 4. The fraction of sp³-hybridized carbons (Fsp3) is 0.500. The number of aryl methyl sites for hydroxylation is 3. The molecule has 0 bridgehead atoms. The Morgan fingerprint density at radius 1 is 1.05 bits per heavy atom. The largest absolute Gasteiger partial charge is 0.339 e.